The van der Waals surface area contributed by atoms with Gasteiger partial charge in [0.15, 0.2) is 0 Å². The van der Waals surface area contributed by atoms with E-state index in [1.807, 2.05) is 36.4 Å². The smallest absolute Gasteiger partial charge is 0.316 e. The molecule has 8 heteroatoms. The lowest BCUT2D eigenvalue weighted by Crippen LogP contribution is -2.27. The number of hydrogen-bond donors (Lipinski definition) is 3. The maximum atomic E-state index is 13.0. The van der Waals surface area contributed by atoms with Gasteiger partial charge in [-0.3, -0.25) is 9.79 Å². The molecule has 1 atom stereocenters. The Morgan fingerprint density at radius 2 is 1.87 bits per heavy atom. The molecule has 4 rings (SSSR count). The minimum atomic E-state index is -0.639. The molecule has 6 nitrogen and oxygen atoms in total. The summed E-state index contributed by atoms with van der Waals surface area (Å²) in [5.41, 5.74) is 9.53. The zero-order valence-corrected chi connectivity index (χ0v) is 18.6. The standard InChI is InChI=1S/C23H18BrClN4O2/c24-18-4-2-1-3-14(18)11-20-22(30)29-19-10-7-15(25)12-17(19)21(28-20)13-5-8-16(9-6-13)27-23(26)31/h1-10,12,20H,11H2,(H,29,30)(H3,26,27,31). The number of aliphatic imine (C=N–C) groups is 1. The Bertz CT molecular complexity index is 1190. The highest BCUT2D eigenvalue weighted by Crippen LogP contribution is 2.29. The van der Waals surface area contributed by atoms with Crippen molar-refractivity contribution >= 4 is 56.6 Å². The van der Waals surface area contributed by atoms with Crippen molar-refractivity contribution in [1.82, 2.24) is 0 Å². The van der Waals surface area contributed by atoms with Crippen molar-refractivity contribution in [3.63, 3.8) is 0 Å². The van der Waals surface area contributed by atoms with E-state index in [-0.39, 0.29) is 5.91 Å². The van der Waals surface area contributed by atoms with E-state index in [4.69, 9.17) is 22.3 Å². The Morgan fingerprint density at radius 3 is 2.58 bits per heavy atom. The van der Waals surface area contributed by atoms with Gasteiger partial charge in [0, 0.05) is 32.7 Å². The van der Waals surface area contributed by atoms with Crippen LogP contribution in [0.3, 0.4) is 0 Å². The van der Waals surface area contributed by atoms with Crippen molar-refractivity contribution in [3.05, 3.63) is 92.9 Å². The summed E-state index contributed by atoms with van der Waals surface area (Å²) in [6, 6.07) is 18.9. The molecule has 31 heavy (non-hydrogen) atoms. The monoisotopic (exact) mass is 496 g/mol. The first kappa shape index (κ1) is 21.1. The zero-order chi connectivity index (χ0) is 22.0. The van der Waals surface area contributed by atoms with E-state index in [9.17, 15) is 9.59 Å². The first-order valence-electron chi connectivity index (χ1n) is 9.49. The summed E-state index contributed by atoms with van der Waals surface area (Å²) in [6.45, 7) is 0. The largest absolute Gasteiger partial charge is 0.351 e. The van der Waals surface area contributed by atoms with E-state index in [1.54, 1.807) is 30.3 Å². The third kappa shape index (κ3) is 4.78. The maximum Gasteiger partial charge on any atom is 0.316 e. The fourth-order valence-corrected chi connectivity index (χ4v) is 4.03. The average Bonchev–Trinajstić information content (AvgIpc) is 2.86. The predicted molar refractivity (Wildman–Crippen MR) is 127 cm³/mol. The van der Waals surface area contributed by atoms with Gasteiger partial charge in [0.2, 0.25) is 5.91 Å². The summed E-state index contributed by atoms with van der Waals surface area (Å²) in [5.74, 6) is -0.193. The molecule has 0 aromatic heterocycles. The van der Waals surface area contributed by atoms with Crippen LogP contribution in [-0.2, 0) is 11.2 Å². The minimum Gasteiger partial charge on any atom is -0.351 e. The number of urea groups is 1. The fourth-order valence-electron chi connectivity index (χ4n) is 3.42. The van der Waals surface area contributed by atoms with Gasteiger partial charge in [0.25, 0.3) is 0 Å². The molecule has 3 amide bonds. The number of benzodiazepines with no additional fused rings is 1. The van der Waals surface area contributed by atoms with Crippen LogP contribution in [0.15, 0.2) is 76.2 Å². The molecule has 0 radical (unpaired) electrons. The summed E-state index contributed by atoms with van der Waals surface area (Å²) < 4.78 is 0.922. The van der Waals surface area contributed by atoms with Gasteiger partial charge in [-0.05, 0) is 42.0 Å². The molecule has 4 N–H and O–H groups in total. The molecule has 0 fully saturated rings. The van der Waals surface area contributed by atoms with Crippen molar-refractivity contribution in [2.24, 2.45) is 10.7 Å². The second-order valence-electron chi connectivity index (χ2n) is 7.03. The maximum absolute atomic E-state index is 13.0. The van der Waals surface area contributed by atoms with Gasteiger partial charge in [-0.2, -0.15) is 0 Å². The van der Waals surface area contributed by atoms with Crippen LogP contribution in [0.4, 0.5) is 16.2 Å². The van der Waals surface area contributed by atoms with Gasteiger partial charge in [0.1, 0.15) is 6.04 Å². The Kier molecular flexibility index (Phi) is 6.06. The van der Waals surface area contributed by atoms with Crippen molar-refractivity contribution in [2.45, 2.75) is 12.5 Å². The van der Waals surface area contributed by atoms with E-state index in [2.05, 4.69) is 26.6 Å². The molecule has 0 saturated heterocycles. The number of nitrogens with zero attached hydrogens (tertiary/aromatic N) is 1. The number of rotatable bonds is 4. The molecule has 0 aliphatic carbocycles. The fraction of sp³-hybridized carbons (Fsp3) is 0.0870. The molecule has 0 bridgehead atoms. The number of nitrogens with one attached hydrogen (secondary N) is 2. The number of carbonyl (C=O) groups excluding carboxylic acids is 2. The Labute approximate surface area is 192 Å². The first-order valence-corrected chi connectivity index (χ1v) is 10.7. The predicted octanol–water partition coefficient (Wildman–Crippen LogP) is 4.99. The van der Waals surface area contributed by atoms with Crippen LogP contribution in [0.5, 0.6) is 0 Å². The molecular formula is C23H18BrClN4O2. The van der Waals surface area contributed by atoms with Gasteiger partial charge in [0.05, 0.1) is 11.4 Å². The van der Waals surface area contributed by atoms with E-state index in [1.165, 1.54) is 0 Å². The van der Waals surface area contributed by atoms with Crippen LogP contribution in [-0.4, -0.2) is 23.7 Å². The molecule has 1 unspecified atom stereocenters. The Hall–Kier alpha value is -3.16. The van der Waals surface area contributed by atoms with Gasteiger partial charge in [-0.25, -0.2) is 4.79 Å². The third-order valence-electron chi connectivity index (χ3n) is 4.88. The SMILES string of the molecule is NC(=O)Nc1ccc(C2=NC(Cc3ccccc3Br)C(=O)Nc3ccc(Cl)cc32)cc1. The highest BCUT2D eigenvalue weighted by Gasteiger charge is 2.26. The molecular weight excluding hydrogens is 480 g/mol. The minimum absolute atomic E-state index is 0.193. The number of halogens is 2. The van der Waals surface area contributed by atoms with Gasteiger partial charge in [-0.1, -0.05) is 57.9 Å². The second kappa shape index (κ2) is 8.91. The topological polar surface area (TPSA) is 96.6 Å². The van der Waals surface area contributed by atoms with Crippen LogP contribution in [0.2, 0.25) is 5.02 Å². The molecule has 3 aromatic rings. The number of amides is 3. The first-order chi connectivity index (χ1) is 14.9. The molecule has 1 heterocycles. The highest BCUT2D eigenvalue weighted by molar-refractivity contribution is 9.10. The third-order valence-corrected chi connectivity index (χ3v) is 5.89. The van der Waals surface area contributed by atoms with Gasteiger partial charge < -0.3 is 16.4 Å². The molecule has 1 aliphatic rings. The van der Waals surface area contributed by atoms with Crippen LogP contribution in [0, 0.1) is 0 Å². The summed E-state index contributed by atoms with van der Waals surface area (Å²) in [6.07, 6.45) is 0.430. The van der Waals surface area contributed by atoms with Crippen LogP contribution >= 0.6 is 27.5 Å². The quantitative estimate of drug-likeness (QED) is 0.473. The summed E-state index contributed by atoms with van der Waals surface area (Å²) in [7, 11) is 0. The number of carbonyl (C=O) groups is 2. The molecule has 0 saturated carbocycles. The number of anilines is 2. The molecule has 1 aliphatic heterocycles. The Balaban J connectivity index is 1.79. The van der Waals surface area contributed by atoms with Crippen molar-refractivity contribution in [2.75, 3.05) is 10.6 Å². The summed E-state index contributed by atoms with van der Waals surface area (Å²) in [4.78, 5) is 29.0. The normalized spacial score (nSPS) is 15.4. The lowest BCUT2D eigenvalue weighted by Gasteiger charge is -2.13. The second-order valence-corrected chi connectivity index (χ2v) is 8.33. The van der Waals surface area contributed by atoms with E-state index >= 15 is 0 Å². The summed E-state index contributed by atoms with van der Waals surface area (Å²) >= 11 is 9.80. The molecule has 0 spiro atoms. The van der Waals surface area contributed by atoms with E-state index < -0.39 is 12.1 Å². The van der Waals surface area contributed by atoms with E-state index in [0.717, 1.165) is 21.2 Å². The number of nitrogens with two attached hydrogens (primary N) is 1. The van der Waals surface area contributed by atoms with Crippen molar-refractivity contribution < 1.29 is 9.59 Å². The highest BCUT2D eigenvalue weighted by atomic mass is 79.9. The zero-order valence-electron chi connectivity index (χ0n) is 16.2. The van der Waals surface area contributed by atoms with E-state index in [0.29, 0.717) is 28.5 Å². The lowest BCUT2D eigenvalue weighted by atomic mass is 10.00. The number of primary amides is 1. The lowest BCUT2D eigenvalue weighted by molar-refractivity contribution is -0.117. The Morgan fingerprint density at radius 1 is 1.13 bits per heavy atom. The number of hydrogen-bond acceptors (Lipinski definition) is 3. The van der Waals surface area contributed by atoms with Crippen molar-refractivity contribution in [1.29, 1.82) is 0 Å². The van der Waals surface area contributed by atoms with Crippen LogP contribution in [0.25, 0.3) is 0 Å². The number of fused-ring (bicyclic) bond motifs is 1. The van der Waals surface area contributed by atoms with Crippen LogP contribution in [0.1, 0.15) is 16.7 Å². The van der Waals surface area contributed by atoms with Gasteiger partial charge in [-0.15, -0.1) is 0 Å². The molecule has 156 valence electrons. The average molecular weight is 498 g/mol. The molecule has 3 aromatic carbocycles. The van der Waals surface area contributed by atoms with Crippen LogP contribution < -0.4 is 16.4 Å². The summed E-state index contributed by atoms with van der Waals surface area (Å²) in [5, 5.41) is 6.05. The number of benzene rings is 3. The van der Waals surface area contributed by atoms with Gasteiger partial charge >= 0.3 is 6.03 Å². The van der Waals surface area contributed by atoms with Crippen molar-refractivity contribution in [3.8, 4) is 0 Å².